The van der Waals surface area contributed by atoms with Crippen molar-refractivity contribution >= 4 is 23.8 Å². The number of piperidine rings is 2. The fourth-order valence-electron chi connectivity index (χ4n) is 7.39. The fraction of sp³-hybridized carbons (Fsp3) is 0.565. The van der Waals surface area contributed by atoms with Gasteiger partial charge in [0.25, 0.3) is 0 Å². The first-order chi connectivity index (χ1) is 29.7. The maximum Gasteiger partial charge on any atom is 0.410 e. The van der Waals surface area contributed by atoms with Crippen molar-refractivity contribution in [2.24, 2.45) is 10.8 Å². The number of halogens is 1. The van der Waals surface area contributed by atoms with E-state index in [0.717, 1.165) is 49.1 Å². The van der Waals surface area contributed by atoms with E-state index in [1.165, 1.54) is 12.7 Å². The molecular formula is C46H61ClN8O8. The number of aromatic nitrogens is 6. The topological polar surface area (TPSA) is 184 Å². The molecule has 1 N–H and O–H groups in total. The molecule has 0 bridgehead atoms. The van der Waals surface area contributed by atoms with Gasteiger partial charge in [-0.2, -0.15) is 0 Å². The van der Waals surface area contributed by atoms with Crippen LogP contribution in [0.1, 0.15) is 103 Å². The van der Waals surface area contributed by atoms with E-state index in [2.05, 4.69) is 29.9 Å². The molecule has 2 aliphatic heterocycles. The highest BCUT2D eigenvalue weighted by Gasteiger charge is 2.56. The lowest BCUT2D eigenvalue weighted by molar-refractivity contribution is -0.0158. The van der Waals surface area contributed by atoms with E-state index in [4.69, 9.17) is 35.3 Å². The molecule has 4 aromatic rings. The molecule has 8 rings (SSSR count). The average molecular weight is 889 g/mol. The van der Waals surface area contributed by atoms with E-state index in [-0.39, 0.29) is 35.2 Å². The predicted molar refractivity (Wildman–Crippen MR) is 235 cm³/mol. The molecule has 2 saturated heterocycles. The Morgan fingerprint density at radius 2 is 1.13 bits per heavy atom. The lowest BCUT2D eigenvalue weighted by atomic mass is 9.91. The standard InChI is InChI=1S/C23H30N4O4.C12H21NO3.C11H10ClN3O/c1-15-19(29-17-7-6-11-24-16(17)2)25-14-26-20(15)30-18-8-12-27(13-23(18)9-10-23)21(28)31-22(3,4)5;1-11(2,3)16-10(15)13-7-4-9(14)12(8-13)5-6-12;1-7-10(12)14-6-15-11(7)16-9-4-3-5-13-8(9)2/h6-7,11,14,18H,8-10,12-13H2,1-5H3;9,14H,4-8H2,1-3H3;3-6H,1-2H3. The summed E-state index contributed by atoms with van der Waals surface area (Å²) in [5.41, 5.74) is 2.07. The molecule has 0 radical (unpaired) electrons. The van der Waals surface area contributed by atoms with Crippen LogP contribution in [0, 0.1) is 38.5 Å². The summed E-state index contributed by atoms with van der Waals surface area (Å²) < 4.78 is 28.9. The number of ether oxygens (including phenoxy) is 5. The second-order valence-corrected chi connectivity index (χ2v) is 19.2. The van der Waals surface area contributed by atoms with Crippen LogP contribution in [0.25, 0.3) is 0 Å². The molecule has 2 spiro atoms. The number of hydrogen-bond donors (Lipinski definition) is 1. The van der Waals surface area contributed by atoms with Gasteiger partial charge in [-0.25, -0.2) is 29.5 Å². The van der Waals surface area contributed by atoms with Crippen molar-refractivity contribution in [3.8, 4) is 29.1 Å². The van der Waals surface area contributed by atoms with Crippen molar-refractivity contribution in [2.75, 3.05) is 26.2 Å². The van der Waals surface area contributed by atoms with Crippen LogP contribution >= 0.6 is 11.6 Å². The van der Waals surface area contributed by atoms with Gasteiger partial charge in [0.15, 0.2) is 11.5 Å². The van der Waals surface area contributed by atoms with E-state index < -0.39 is 11.2 Å². The summed E-state index contributed by atoms with van der Waals surface area (Å²) in [7, 11) is 0. The molecule has 340 valence electrons. The van der Waals surface area contributed by atoms with Crippen molar-refractivity contribution in [3.05, 3.63) is 77.0 Å². The molecule has 4 aromatic heterocycles. The molecule has 4 fully saturated rings. The number of aliphatic hydroxyl groups is 1. The van der Waals surface area contributed by atoms with E-state index in [1.54, 1.807) is 23.4 Å². The number of carbonyl (C=O) groups excluding carboxylic acids is 2. The van der Waals surface area contributed by atoms with Crippen LogP contribution in [0.5, 0.6) is 29.1 Å². The Hall–Kier alpha value is -5.35. The number of hydrogen-bond acceptors (Lipinski definition) is 14. The SMILES string of the molecule is CC(C)(C)OC(=O)N1CCC(O)C2(CC2)C1.Cc1ncccc1Oc1ncnc(Cl)c1C.Cc1ncccc1Oc1ncnc(OC2CCN(C(=O)OC(C)(C)C)CC23CC3)c1C. The van der Waals surface area contributed by atoms with Gasteiger partial charge in [0.1, 0.15) is 35.1 Å². The Labute approximate surface area is 375 Å². The minimum Gasteiger partial charge on any atom is -0.473 e. The monoisotopic (exact) mass is 888 g/mol. The van der Waals surface area contributed by atoms with E-state index in [0.29, 0.717) is 72.5 Å². The third-order valence-electron chi connectivity index (χ3n) is 11.4. The molecule has 2 atom stereocenters. The second kappa shape index (κ2) is 19.2. The van der Waals surface area contributed by atoms with Crippen molar-refractivity contribution < 1.29 is 38.4 Å². The third kappa shape index (κ3) is 12.4. The van der Waals surface area contributed by atoms with Crippen LogP contribution in [0.15, 0.2) is 49.3 Å². The van der Waals surface area contributed by atoms with Gasteiger partial charge < -0.3 is 38.6 Å². The highest BCUT2D eigenvalue weighted by molar-refractivity contribution is 6.30. The zero-order chi connectivity index (χ0) is 45.7. The van der Waals surface area contributed by atoms with Crippen LogP contribution in [0.4, 0.5) is 9.59 Å². The third-order valence-corrected chi connectivity index (χ3v) is 11.8. The molecule has 0 aromatic carbocycles. The fourth-order valence-corrected chi connectivity index (χ4v) is 7.51. The van der Waals surface area contributed by atoms with Gasteiger partial charge >= 0.3 is 12.2 Å². The summed E-state index contributed by atoms with van der Waals surface area (Å²) >= 11 is 5.87. The lowest BCUT2D eigenvalue weighted by Crippen LogP contribution is -2.50. The Bertz CT molecular complexity index is 2240. The number of amides is 2. The van der Waals surface area contributed by atoms with E-state index in [1.807, 2.05) is 92.3 Å². The van der Waals surface area contributed by atoms with Crippen LogP contribution in [-0.4, -0.2) is 107 Å². The lowest BCUT2D eigenvalue weighted by Gasteiger charge is -2.39. The highest BCUT2D eigenvalue weighted by Crippen LogP contribution is 2.54. The van der Waals surface area contributed by atoms with Crippen LogP contribution < -0.4 is 14.2 Å². The Kier molecular flexibility index (Phi) is 14.3. The van der Waals surface area contributed by atoms with E-state index in [9.17, 15) is 14.7 Å². The smallest absolute Gasteiger partial charge is 0.410 e. The molecule has 6 heterocycles. The molecule has 17 heteroatoms. The van der Waals surface area contributed by atoms with Crippen molar-refractivity contribution in [1.82, 2.24) is 39.7 Å². The van der Waals surface area contributed by atoms with Gasteiger partial charge in [-0.15, -0.1) is 0 Å². The van der Waals surface area contributed by atoms with Gasteiger partial charge in [0.05, 0.1) is 23.1 Å². The molecule has 2 unspecified atom stereocenters. The van der Waals surface area contributed by atoms with Crippen molar-refractivity contribution in [3.63, 3.8) is 0 Å². The van der Waals surface area contributed by atoms with Crippen LogP contribution in [0.3, 0.4) is 0 Å². The number of likely N-dealkylation sites (tertiary alicyclic amines) is 2. The van der Waals surface area contributed by atoms with Crippen LogP contribution in [0.2, 0.25) is 5.15 Å². The zero-order valence-corrected chi connectivity index (χ0v) is 38.9. The first kappa shape index (κ1) is 47.1. The molecule has 63 heavy (non-hydrogen) atoms. The number of carbonyl (C=O) groups is 2. The summed E-state index contributed by atoms with van der Waals surface area (Å²) in [5.74, 6) is 2.75. The minimum absolute atomic E-state index is 0.00481. The summed E-state index contributed by atoms with van der Waals surface area (Å²) in [6.07, 6.45) is 11.1. The van der Waals surface area contributed by atoms with Gasteiger partial charge in [-0.1, -0.05) is 11.6 Å². The summed E-state index contributed by atoms with van der Waals surface area (Å²) in [4.78, 5) is 52.8. The normalized spacial score (nSPS) is 19.4. The average Bonchev–Trinajstić information content (AvgIpc) is 4.16. The largest absolute Gasteiger partial charge is 0.473 e. The Morgan fingerprint density at radius 1 is 0.667 bits per heavy atom. The zero-order valence-electron chi connectivity index (χ0n) is 38.1. The minimum atomic E-state index is -0.498. The molecule has 2 aliphatic carbocycles. The molecule has 4 aliphatic rings. The summed E-state index contributed by atoms with van der Waals surface area (Å²) in [5, 5.41) is 10.2. The van der Waals surface area contributed by atoms with Gasteiger partial charge in [0, 0.05) is 61.4 Å². The number of nitrogens with zero attached hydrogens (tertiary/aromatic N) is 8. The van der Waals surface area contributed by atoms with Crippen molar-refractivity contribution in [1.29, 1.82) is 0 Å². The molecular weight excluding hydrogens is 828 g/mol. The quantitative estimate of drug-likeness (QED) is 0.181. The highest BCUT2D eigenvalue weighted by atomic mass is 35.5. The van der Waals surface area contributed by atoms with Gasteiger partial charge in [0.2, 0.25) is 17.6 Å². The number of pyridine rings is 2. The molecule has 2 amide bonds. The van der Waals surface area contributed by atoms with Crippen LogP contribution in [-0.2, 0) is 9.47 Å². The second-order valence-electron chi connectivity index (χ2n) is 18.8. The first-order valence-electron chi connectivity index (χ1n) is 21.5. The Balaban J connectivity index is 0.000000173. The number of aliphatic hydroxyl groups excluding tert-OH is 1. The van der Waals surface area contributed by atoms with Gasteiger partial charge in [-0.3, -0.25) is 9.97 Å². The maximum absolute atomic E-state index is 12.5. The molecule has 16 nitrogen and oxygen atoms in total. The van der Waals surface area contributed by atoms with Gasteiger partial charge in [-0.05, 0) is 126 Å². The molecule has 2 saturated carbocycles. The Morgan fingerprint density at radius 3 is 1.62 bits per heavy atom. The number of aryl methyl sites for hydroxylation is 2. The first-order valence-corrected chi connectivity index (χ1v) is 21.8. The summed E-state index contributed by atoms with van der Waals surface area (Å²) in [6, 6.07) is 7.32. The van der Waals surface area contributed by atoms with E-state index >= 15 is 0 Å². The summed E-state index contributed by atoms with van der Waals surface area (Å²) in [6.45, 7) is 21.2. The predicted octanol–water partition coefficient (Wildman–Crippen LogP) is 9.15. The van der Waals surface area contributed by atoms with Crippen molar-refractivity contribution in [2.45, 2.75) is 131 Å². The number of rotatable bonds is 6. The maximum atomic E-state index is 12.5.